The fraction of sp³-hybridized carbons (Fsp3) is 0.238. The molecule has 2 aromatic rings. The maximum absolute atomic E-state index is 12.2. The molecular formula is C21H23N3O4. The maximum Gasteiger partial charge on any atom is 0.256 e. The van der Waals surface area contributed by atoms with E-state index in [1.807, 2.05) is 13.8 Å². The Morgan fingerprint density at radius 3 is 2.54 bits per heavy atom. The lowest BCUT2D eigenvalue weighted by Crippen LogP contribution is -2.13. The van der Waals surface area contributed by atoms with Crippen LogP contribution >= 0.6 is 0 Å². The summed E-state index contributed by atoms with van der Waals surface area (Å²) in [6, 6.07) is 9.74. The Hall–Kier alpha value is -3.57. The number of nitrogens with one attached hydrogen (secondary N) is 1. The summed E-state index contributed by atoms with van der Waals surface area (Å²) in [5.74, 6) is 2.94. The monoisotopic (exact) mass is 381 g/mol. The van der Waals surface area contributed by atoms with E-state index in [1.54, 1.807) is 42.3 Å². The molecule has 1 heterocycles. The van der Waals surface area contributed by atoms with Crippen molar-refractivity contribution in [3.05, 3.63) is 66.1 Å². The highest BCUT2D eigenvalue weighted by molar-refractivity contribution is 6.03. The molecule has 7 nitrogen and oxygen atoms in total. The molecule has 0 saturated heterocycles. The van der Waals surface area contributed by atoms with Gasteiger partial charge in [-0.3, -0.25) is 4.79 Å². The number of carbonyl (C=O) groups excluding carboxylic acids is 2. The number of benzene rings is 1. The number of anilines is 2. The molecule has 2 rings (SSSR count). The van der Waals surface area contributed by atoms with E-state index in [2.05, 4.69) is 16.9 Å². The number of nitrogens with zero attached hydrogens (tertiary/aromatic N) is 1. The summed E-state index contributed by atoms with van der Waals surface area (Å²) in [6.07, 6.45) is 1.46. The number of pyridine rings is 1. The van der Waals surface area contributed by atoms with Gasteiger partial charge in [-0.25, -0.2) is 9.78 Å². The Morgan fingerprint density at radius 1 is 1.25 bits per heavy atom. The van der Waals surface area contributed by atoms with Gasteiger partial charge in [0.25, 0.3) is 5.91 Å². The minimum absolute atomic E-state index is 0.0265. The standard InChI is InChI=1S/C21H23N3O4/c1-14(2)12-27-15(3)17(11-25)13-28-19-7-4-16(5-8-19)21(26)24-20-9-6-18(22)10-23-20/h4-10,14H,3,12-13,22H2,1-2H3,(H,23,24,26). The van der Waals surface area contributed by atoms with Crippen LogP contribution in [0.4, 0.5) is 11.5 Å². The summed E-state index contributed by atoms with van der Waals surface area (Å²) in [7, 11) is 0. The molecule has 1 aromatic carbocycles. The summed E-state index contributed by atoms with van der Waals surface area (Å²) in [4.78, 5) is 27.4. The number of hydrogen-bond acceptors (Lipinski definition) is 6. The highest BCUT2D eigenvalue weighted by Crippen LogP contribution is 2.16. The molecule has 146 valence electrons. The Bertz CT molecular complexity index is 868. The minimum atomic E-state index is -0.312. The Morgan fingerprint density at radius 2 is 1.96 bits per heavy atom. The van der Waals surface area contributed by atoms with Crippen molar-refractivity contribution in [2.24, 2.45) is 5.92 Å². The summed E-state index contributed by atoms with van der Waals surface area (Å²) >= 11 is 0. The van der Waals surface area contributed by atoms with Gasteiger partial charge in [0, 0.05) is 5.56 Å². The van der Waals surface area contributed by atoms with Gasteiger partial charge in [-0.15, -0.1) is 0 Å². The summed E-state index contributed by atoms with van der Waals surface area (Å²) in [5.41, 5.74) is 6.72. The smallest absolute Gasteiger partial charge is 0.256 e. The predicted octanol–water partition coefficient (Wildman–Crippen LogP) is 3.24. The van der Waals surface area contributed by atoms with E-state index >= 15 is 0 Å². The van der Waals surface area contributed by atoms with Crippen LogP contribution in [-0.2, 0) is 9.53 Å². The van der Waals surface area contributed by atoms with Gasteiger partial charge in [0.05, 0.1) is 18.5 Å². The number of nitrogen functional groups attached to an aromatic ring is 1. The lowest BCUT2D eigenvalue weighted by Gasteiger charge is -2.13. The van der Waals surface area contributed by atoms with Crippen molar-refractivity contribution in [3.8, 4) is 5.75 Å². The third-order valence-corrected chi connectivity index (χ3v) is 3.58. The molecule has 0 aliphatic heterocycles. The topological polar surface area (TPSA) is 104 Å². The van der Waals surface area contributed by atoms with Gasteiger partial charge in [-0.05, 0) is 42.3 Å². The van der Waals surface area contributed by atoms with Gasteiger partial charge in [-0.1, -0.05) is 20.4 Å². The van der Waals surface area contributed by atoms with E-state index < -0.39 is 0 Å². The Labute approximate surface area is 163 Å². The normalized spacial score (nSPS) is 10.1. The molecule has 0 bridgehead atoms. The van der Waals surface area contributed by atoms with Crippen LogP contribution in [-0.4, -0.2) is 30.0 Å². The average Bonchev–Trinajstić information content (AvgIpc) is 2.69. The molecule has 1 amide bonds. The first-order valence-corrected chi connectivity index (χ1v) is 8.71. The van der Waals surface area contributed by atoms with Crippen LogP contribution in [0.1, 0.15) is 24.2 Å². The molecule has 28 heavy (non-hydrogen) atoms. The molecular weight excluding hydrogens is 358 g/mol. The molecule has 0 saturated carbocycles. The number of ether oxygens (including phenoxy) is 2. The summed E-state index contributed by atoms with van der Waals surface area (Å²) in [6.45, 7) is 8.14. The Kier molecular flexibility index (Phi) is 7.37. The first-order chi connectivity index (χ1) is 13.4. The third kappa shape index (κ3) is 6.30. The van der Waals surface area contributed by atoms with E-state index in [0.29, 0.717) is 35.3 Å². The van der Waals surface area contributed by atoms with Gasteiger partial charge in [0.1, 0.15) is 35.4 Å². The van der Waals surface area contributed by atoms with Crippen LogP contribution in [0.25, 0.3) is 0 Å². The highest BCUT2D eigenvalue weighted by atomic mass is 16.5. The zero-order valence-corrected chi connectivity index (χ0v) is 15.9. The molecule has 7 heteroatoms. The number of aromatic nitrogens is 1. The lowest BCUT2D eigenvalue weighted by atomic mass is 10.2. The number of amides is 1. The van der Waals surface area contributed by atoms with E-state index in [4.69, 9.17) is 15.2 Å². The van der Waals surface area contributed by atoms with Gasteiger partial charge >= 0.3 is 0 Å². The molecule has 0 atom stereocenters. The molecule has 0 aliphatic carbocycles. The second-order valence-electron chi connectivity index (χ2n) is 6.45. The first-order valence-electron chi connectivity index (χ1n) is 8.71. The molecule has 3 N–H and O–H groups in total. The van der Waals surface area contributed by atoms with Gasteiger partial charge in [0.2, 0.25) is 0 Å². The molecule has 0 unspecified atom stereocenters. The van der Waals surface area contributed by atoms with Crippen molar-refractivity contribution < 1.29 is 19.1 Å². The zero-order valence-electron chi connectivity index (χ0n) is 15.9. The summed E-state index contributed by atoms with van der Waals surface area (Å²) < 4.78 is 11.0. The predicted molar refractivity (Wildman–Crippen MR) is 108 cm³/mol. The fourth-order valence-electron chi connectivity index (χ4n) is 2.05. The lowest BCUT2D eigenvalue weighted by molar-refractivity contribution is 0.102. The van der Waals surface area contributed by atoms with E-state index in [1.165, 1.54) is 6.20 Å². The van der Waals surface area contributed by atoms with Gasteiger partial charge in [0.15, 0.2) is 0 Å². The largest absolute Gasteiger partial charge is 0.493 e. The van der Waals surface area contributed by atoms with Crippen LogP contribution in [0.3, 0.4) is 0 Å². The van der Waals surface area contributed by atoms with Crippen molar-refractivity contribution in [2.75, 3.05) is 24.3 Å². The number of rotatable bonds is 9. The van der Waals surface area contributed by atoms with Crippen molar-refractivity contribution in [1.29, 1.82) is 0 Å². The average molecular weight is 381 g/mol. The molecule has 0 fully saturated rings. The highest BCUT2D eigenvalue weighted by Gasteiger charge is 2.10. The quantitative estimate of drug-likeness (QED) is 0.393. The molecule has 0 spiro atoms. The van der Waals surface area contributed by atoms with E-state index in [0.717, 1.165) is 0 Å². The maximum atomic E-state index is 12.2. The first kappa shape index (κ1) is 20.7. The zero-order chi connectivity index (χ0) is 20.5. The number of carbonyl (C=O) groups is 1. The summed E-state index contributed by atoms with van der Waals surface area (Å²) in [5, 5.41) is 2.67. The van der Waals surface area contributed by atoms with Crippen molar-refractivity contribution in [2.45, 2.75) is 13.8 Å². The number of nitrogens with two attached hydrogens (primary N) is 1. The van der Waals surface area contributed by atoms with Crippen molar-refractivity contribution in [3.63, 3.8) is 0 Å². The second kappa shape index (κ2) is 9.94. The molecule has 1 aromatic heterocycles. The van der Waals surface area contributed by atoms with Crippen molar-refractivity contribution >= 4 is 23.4 Å². The van der Waals surface area contributed by atoms with Gasteiger partial charge < -0.3 is 20.5 Å². The van der Waals surface area contributed by atoms with E-state index in [9.17, 15) is 9.59 Å². The molecule has 0 radical (unpaired) electrons. The van der Waals surface area contributed by atoms with E-state index in [-0.39, 0.29) is 23.8 Å². The second-order valence-corrected chi connectivity index (χ2v) is 6.45. The van der Waals surface area contributed by atoms with Crippen molar-refractivity contribution in [1.82, 2.24) is 4.98 Å². The number of hydrogen-bond donors (Lipinski definition) is 2. The third-order valence-electron chi connectivity index (χ3n) is 3.58. The SMILES string of the molecule is C=C(OCC(C)C)C(=C=O)COc1ccc(C(=O)Nc2ccc(N)cn2)cc1. The van der Waals surface area contributed by atoms with Crippen LogP contribution in [0.5, 0.6) is 5.75 Å². The van der Waals surface area contributed by atoms with Crippen LogP contribution in [0.15, 0.2) is 60.5 Å². The van der Waals surface area contributed by atoms with Crippen LogP contribution < -0.4 is 15.8 Å². The van der Waals surface area contributed by atoms with Gasteiger partial charge in [-0.2, -0.15) is 0 Å². The minimum Gasteiger partial charge on any atom is -0.493 e. The molecule has 0 aliphatic rings. The Balaban J connectivity index is 1.91. The fourth-order valence-corrected chi connectivity index (χ4v) is 2.05. The van der Waals surface area contributed by atoms with Crippen LogP contribution in [0, 0.1) is 5.92 Å². The van der Waals surface area contributed by atoms with Crippen LogP contribution in [0.2, 0.25) is 0 Å².